The van der Waals surface area contributed by atoms with Gasteiger partial charge in [-0.05, 0) is 37.5 Å². The number of rotatable bonds is 81. The van der Waals surface area contributed by atoms with E-state index in [0.29, 0.717) is 25.7 Å². The van der Waals surface area contributed by atoms with Gasteiger partial charge >= 0.3 is 39.5 Å². The number of phosphoric ester groups is 2. The van der Waals surface area contributed by atoms with Crippen molar-refractivity contribution in [3.63, 3.8) is 0 Å². The predicted octanol–water partition coefficient (Wildman–Crippen LogP) is 24.7. The number of ether oxygens (including phenoxy) is 4. The van der Waals surface area contributed by atoms with E-state index in [2.05, 4.69) is 41.5 Å². The molecule has 0 aliphatic rings. The standard InChI is InChI=1S/C82H160O17P2/c1-7-10-12-14-16-18-20-21-22-23-24-25-28-32-35-42-48-54-60-66-81(86)98-78(71-93-80(85)65-59-53-47-41-34-31-29-26-27-30-33-38-44-50-56-62-74(4)5)73-97-101(90,91)95-69-76(83)68-94-100(88,89)96-72-77(70-92-79(84)64-58-52-46-40-19-17-15-13-11-8-2)99-82(87)67-61-55-49-43-37-36-39-45-51-57-63-75(6)9-3/h74-78,83H,7-73H2,1-6H3,(H,88,89)(H,90,91)/t75?,76-,77+,78+/m0/s1. The van der Waals surface area contributed by atoms with E-state index in [1.165, 1.54) is 250 Å². The van der Waals surface area contributed by atoms with E-state index in [1.54, 1.807) is 0 Å². The monoisotopic (exact) mass is 1480 g/mol. The van der Waals surface area contributed by atoms with Crippen molar-refractivity contribution in [3.8, 4) is 0 Å². The van der Waals surface area contributed by atoms with Gasteiger partial charge in [0, 0.05) is 25.7 Å². The van der Waals surface area contributed by atoms with E-state index < -0.39 is 97.5 Å². The summed E-state index contributed by atoms with van der Waals surface area (Å²) in [4.78, 5) is 73.1. The number of esters is 4. The van der Waals surface area contributed by atoms with Crippen molar-refractivity contribution in [1.82, 2.24) is 0 Å². The average Bonchev–Trinajstić information content (AvgIpc) is 0.992. The fraction of sp³-hybridized carbons (Fsp3) is 0.951. The molecule has 17 nitrogen and oxygen atoms in total. The number of carbonyl (C=O) groups is 4. The molecule has 0 spiro atoms. The molecule has 3 unspecified atom stereocenters. The molecule has 0 aromatic rings. The number of hydrogen-bond donors (Lipinski definition) is 3. The zero-order valence-corrected chi connectivity index (χ0v) is 68.0. The molecule has 0 rings (SSSR count). The Hall–Kier alpha value is -1.94. The van der Waals surface area contributed by atoms with Gasteiger partial charge < -0.3 is 33.8 Å². The molecule has 0 aliphatic heterocycles. The van der Waals surface area contributed by atoms with Crippen LogP contribution in [0, 0.1) is 11.8 Å². The van der Waals surface area contributed by atoms with E-state index in [4.69, 9.17) is 37.0 Å². The lowest BCUT2D eigenvalue weighted by Crippen LogP contribution is -2.30. The van der Waals surface area contributed by atoms with E-state index in [9.17, 15) is 43.2 Å². The third-order valence-corrected chi connectivity index (χ3v) is 21.5. The lowest BCUT2D eigenvalue weighted by molar-refractivity contribution is -0.161. The maximum absolute atomic E-state index is 13.1. The van der Waals surface area contributed by atoms with Gasteiger partial charge in [0.25, 0.3) is 0 Å². The van der Waals surface area contributed by atoms with Crippen molar-refractivity contribution in [2.75, 3.05) is 39.6 Å². The molecule has 0 fully saturated rings. The summed E-state index contributed by atoms with van der Waals surface area (Å²) in [7, 11) is -9.92. The van der Waals surface area contributed by atoms with Crippen LogP contribution in [-0.2, 0) is 65.4 Å². The third kappa shape index (κ3) is 74.7. The Kier molecular flexibility index (Phi) is 72.2. The topological polar surface area (TPSA) is 237 Å². The molecule has 0 saturated heterocycles. The Balaban J connectivity index is 5.24. The smallest absolute Gasteiger partial charge is 0.462 e. The normalized spacial score (nSPS) is 14.2. The van der Waals surface area contributed by atoms with Crippen LogP contribution in [0.1, 0.15) is 433 Å². The van der Waals surface area contributed by atoms with E-state index in [-0.39, 0.29) is 25.7 Å². The molecule has 0 saturated carbocycles. The van der Waals surface area contributed by atoms with E-state index in [0.717, 1.165) is 102 Å². The number of aliphatic hydroxyl groups is 1. The molecule has 0 amide bonds. The molecule has 0 aromatic carbocycles. The Labute approximate surface area is 619 Å². The SMILES string of the molecule is CCCCCCCCCCCCCCCCCCCCCC(=O)O[C@H](COC(=O)CCCCCCCCCCCCCCCCCC(C)C)COP(=O)(O)OC[C@@H](O)COP(=O)(O)OC[C@@H](COC(=O)CCCCCCCCCCCC)OC(=O)CCCCCCCCCCCCC(C)CC. The molecule has 101 heavy (non-hydrogen) atoms. The van der Waals surface area contributed by atoms with Gasteiger partial charge in [0.05, 0.1) is 26.4 Å². The highest BCUT2D eigenvalue weighted by molar-refractivity contribution is 7.47. The minimum atomic E-state index is -4.96. The summed E-state index contributed by atoms with van der Waals surface area (Å²) < 4.78 is 68.7. The first-order valence-electron chi connectivity index (χ1n) is 42.5. The van der Waals surface area contributed by atoms with Crippen molar-refractivity contribution in [1.29, 1.82) is 0 Å². The second kappa shape index (κ2) is 73.6. The first-order chi connectivity index (χ1) is 48.9. The molecular formula is C82H160O17P2. The summed E-state index contributed by atoms with van der Waals surface area (Å²) in [6.07, 6.45) is 63.7. The fourth-order valence-electron chi connectivity index (χ4n) is 12.7. The maximum Gasteiger partial charge on any atom is 0.472 e. The lowest BCUT2D eigenvalue weighted by atomic mass is 9.99. The lowest BCUT2D eigenvalue weighted by Gasteiger charge is -2.21. The molecule has 3 N–H and O–H groups in total. The van der Waals surface area contributed by atoms with Gasteiger partial charge in [0.1, 0.15) is 19.3 Å². The summed E-state index contributed by atoms with van der Waals surface area (Å²) in [5.74, 6) is -0.497. The highest BCUT2D eigenvalue weighted by atomic mass is 31.2. The zero-order valence-electron chi connectivity index (χ0n) is 66.2. The van der Waals surface area contributed by atoms with E-state index in [1.807, 2.05) is 0 Å². The second-order valence-corrected chi connectivity index (χ2v) is 33.1. The van der Waals surface area contributed by atoms with Crippen molar-refractivity contribution in [2.24, 2.45) is 11.8 Å². The largest absolute Gasteiger partial charge is 0.472 e. The van der Waals surface area contributed by atoms with Crippen LogP contribution >= 0.6 is 15.6 Å². The minimum absolute atomic E-state index is 0.107. The van der Waals surface area contributed by atoms with E-state index >= 15 is 0 Å². The first-order valence-corrected chi connectivity index (χ1v) is 45.5. The Morgan fingerprint density at radius 2 is 0.505 bits per heavy atom. The Bertz CT molecular complexity index is 1940. The summed E-state index contributed by atoms with van der Waals surface area (Å²) >= 11 is 0. The quantitative estimate of drug-likeness (QED) is 0.0222. The third-order valence-electron chi connectivity index (χ3n) is 19.6. The number of unbranched alkanes of at least 4 members (excludes halogenated alkanes) is 50. The van der Waals surface area contributed by atoms with Crippen LogP contribution < -0.4 is 0 Å². The van der Waals surface area contributed by atoms with Crippen LogP contribution in [-0.4, -0.2) is 96.7 Å². The summed E-state index contributed by atoms with van der Waals surface area (Å²) in [5, 5.41) is 10.6. The fourth-order valence-corrected chi connectivity index (χ4v) is 14.3. The highest BCUT2D eigenvalue weighted by Gasteiger charge is 2.30. The molecule has 0 aliphatic carbocycles. The Morgan fingerprint density at radius 1 is 0.287 bits per heavy atom. The average molecular weight is 1480 g/mol. The van der Waals surface area contributed by atoms with Gasteiger partial charge in [0.15, 0.2) is 12.2 Å². The number of phosphoric acid groups is 2. The second-order valence-electron chi connectivity index (χ2n) is 30.2. The van der Waals surface area contributed by atoms with Crippen LogP contribution in [0.3, 0.4) is 0 Å². The van der Waals surface area contributed by atoms with Crippen LogP contribution in [0.15, 0.2) is 0 Å². The van der Waals surface area contributed by atoms with Gasteiger partial charge in [-0.1, -0.05) is 382 Å². The first kappa shape index (κ1) is 99.1. The van der Waals surface area contributed by atoms with Gasteiger partial charge in [-0.15, -0.1) is 0 Å². The van der Waals surface area contributed by atoms with Crippen LogP contribution in [0.4, 0.5) is 0 Å². The van der Waals surface area contributed by atoms with Crippen molar-refractivity contribution >= 4 is 39.5 Å². The Morgan fingerprint density at radius 3 is 0.752 bits per heavy atom. The van der Waals surface area contributed by atoms with Crippen molar-refractivity contribution in [2.45, 2.75) is 452 Å². The van der Waals surface area contributed by atoms with Crippen LogP contribution in [0.2, 0.25) is 0 Å². The maximum atomic E-state index is 13.1. The number of aliphatic hydroxyl groups excluding tert-OH is 1. The summed E-state index contributed by atoms with van der Waals surface area (Å²) in [5.41, 5.74) is 0. The molecule has 600 valence electrons. The van der Waals surface area contributed by atoms with Crippen molar-refractivity contribution < 1.29 is 80.2 Å². The van der Waals surface area contributed by atoms with Gasteiger partial charge in [0.2, 0.25) is 0 Å². The highest BCUT2D eigenvalue weighted by Crippen LogP contribution is 2.45. The van der Waals surface area contributed by atoms with Crippen LogP contribution in [0.5, 0.6) is 0 Å². The molecule has 0 aromatic heterocycles. The zero-order chi connectivity index (χ0) is 74.2. The van der Waals surface area contributed by atoms with Gasteiger partial charge in [-0.3, -0.25) is 37.3 Å². The molecule has 6 atom stereocenters. The summed E-state index contributed by atoms with van der Waals surface area (Å²) in [6, 6.07) is 0. The minimum Gasteiger partial charge on any atom is -0.462 e. The molecule has 0 bridgehead atoms. The van der Waals surface area contributed by atoms with Crippen molar-refractivity contribution in [3.05, 3.63) is 0 Å². The summed E-state index contributed by atoms with van der Waals surface area (Å²) in [6.45, 7) is 9.69. The number of hydrogen-bond acceptors (Lipinski definition) is 15. The molecular weight excluding hydrogens is 1320 g/mol. The molecule has 0 radical (unpaired) electrons. The van der Waals surface area contributed by atoms with Crippen LogP contribution in [0.25, 0.3) is 0 Å². The van der Waals surface area contributed by atoms with Gasteiger partial charge in [-0.25, -0.2) is 9.13 Å². The molecule has 19 heteroatoms. The number of carbonyl (C=O) groups excluding carboxylic acids is 4. The predicted molar refractivity (Wildman–Crippen MR) is 414 cm³/mol. The van der Waals surface area contributed by atoms with Gasteiger partial charge in [-0.2, -0.15) is 0 Å². The molecule has 0 heterocycles.